The van der Waals surface area contributed by atoms with E-state index in [0.29, 0.717) is 0 Å². The minimum absolute atomic E-state index is 0.905. The number of nitrogens with zero attached hydrogens (tertiary/aromatic N) is 2. The second-order valence-electron chi connectivity index (χ2n) is 4.59. The van der Waals surface area contributed by atoms with E-state index in [0.717, 1.165) is 18.2 Å². The molecule has 1 N–H and O–H groups in total. The topological polar surface area (TPSA) is 29.9 Å². The minimum Gasteiger partial charge on any atom is -0.337 e. The first-order valence-corrected chi connectivity index (χ1v) is 6.03. The summed E-state index contributed by atoms with van der Waals surface area (Å²) < 4.78 is 2.22. The fourth-order valence-corrected chi connectivity index (χ4v) is 2.31. The fourth-order valence-electron chi connectivity index (χ4n) is 2.31. The Kier molecular flexibility index (Phi) is 3.78. The van der Waals surface area contributed by atoms with Gasteiger partial charge in [0.1, 0.15) is 0 Å². The molecule has 1 aromatic heterocycles. The second kappa shape index (κ2) is 5.31. The van der Waals surface area contributed by atoms with Crippen LogP contribution in [0, 0.1) is 12.8 Å². The van der Waals surface area contributed by atoms with Crippen molar-refractivity contribution < 1.29 is 0 Å². The highest BCUT2D eigenvalue weighted by Crippen LogP contribution is 2.18. The molecular formula is C12H21N3. The number of imidazole rings is 1. The standard InChI is InChI=1S/C12H21N3/c1-11-9-15(10-14-11)8-5-12-3-2-6-13-7-4-12/h9-10,12-13H,2-8H2,1H3. The maximum absolute atomic E-state index is 4.25. The lowest BCUT2D eigenvalue weighted by molar-refractivity contribution is 0.408. The fraction of sp³-hybridized carbons (Fsp3) is 0.750. The summed E-state index contributed by atoms with van der Waals surface area (Å²) in [7, 11) is 0. The Morgan fingerprint density at radius 3 is 3.20 bits per heavy atom. The first-order valence-electron chi connectivity index (χ1n) is 6.03. The molecule has 0 bridgehead atoms. The summed E-state index contributed by atoms with van der Waals surface area (Å²) in [5.74, 6) is 0.905. The van der Waals surface area contributed by atoms with Crippen LogP contribution in [0.2, 0.25) is 0 Å². The SMILES string of the molecule is Cc1cn(CCC2CCCNCC2)cn1. The highest BCUT2D eigenvalue weighted by Gasteiger charge is 2.11. The lowest BCUT2D eigenvalue weighted by Crippen LogP contribution is -2.14. The molecule has 0 saturated carbocycles. The molecule has 1 fully saturated rings. The predicted molar refractivity (Wildman–Crippen MR) is 61.8 cm³/mol. The van der Waals surface area contributed by atoms with Crippen LogP contribution in [0.25, 0.3) is 0 Å². The molecule has 1 aliphatic heterocycles. The summed E-state index contributed by atoms with van der Waals surface area (Å²) in [5, 5.41) is 3.46. The maximum Gasteiger partial charge on any atom is 0.0949 e. The molecule has 3 nitrogen and oxygen atoms in total. The third-order valence-electron chi connectivity index (χ3n) is 3.25. The van der Waals surface area contributed by atoms with Crippen molar-refractivity contribution in [3.8, 4) is 0 Å². The monoisotopic (exact) mass is 207 g/mol. The van der Waals surface area contributed by atoms with E-state index < -0.39 is 0 Å². The predicted octanol–water partition coefficient (Wildman–Crippen LogP) is 1.97. The van der Waals surface area contributed by atoms with E-state index >= 15 is 0 Å². The number of hydrogen-bond acceptors (Lipinski definition) is 2. The second-order valence-corrected chi connectivity index (χ2v) is 4.59. The van der Waals surface area contributed by atoms with Crippen LogP contribution >= 0.6 is 0 Å². The zero-order valence-electron chi connectivity index (χ0n) is 9.58. The van der Waals surface area contributed by atoms with E-state index in [4.69, 9.17) is 0 Å². The maximum atomic E-state index is 4.25. The normalized spacial score (nSPS) is 22.6. The molecule has 1 unspecified atom stereocenters. The molecule has 1 atom stereocenters. The van der Waals surface area contributed by atoms with Gasteiger partial charge in [0.25, 0.3) is 0 Å². The molecule has 0 spiro atoms. The van der Waals surface area contributed by atoms with E-state index in [1.54, 1.807) is 0 Å². The van der Waals surface area contributed by atoms with Gasteiger partial charge in [-0.3, -0.25) is 0 Å². The van der Waals surface area contributed by atoms with Gasteiger partial charge in [-0.25, -0.2) is 4.98 Å². The molecule has 15 heavy (non-hydrogen) atoms. The Hall–Kier alpha value is -0.830. The number of aryl methyl sites for hydroxylation is 2. The smallest absolute Gasteiger partial charge is 0.0949 e. The summed E-state index contributed by atoms with van der Waals surface area (Å²) in [4.78, 5) is 4.25. The van der Waals surface area contributed by atoms with Gasteiger partial charge in [0, 0.05) is 12.7 Å². The molecule has 2 rings (SSSR count). The van der Waals surface area contributed by atoms with Gasteiger partial charge in [0.2, 0.25) is 0 Å². The van der Waals surface area contributed by atoms with E-state index in [2.05, 4.69) is 21.1 Å². The van der Waals surface area contributed by atoms with E-state index in [1.807, 2.05) is 13.3 Å². The van der Waals surface area contributed by atoms with Gasteiger partial charge in [-0.05, 0) is 51.6 Å². The molecular weight excluding hydrogens is 186 g/mol. The van der Waals surface area contributed by atoms with Gasteiger partial charge >= 0.3 is 0 Å². The molecule has 84 valence electrons. The third-order valence-corrected chi connectivity index (χ3v) is 3.25. The Bertz CT molecular complexity index is 285. The van der Waals surface area contributed by atoms with Crippen LogP contribution in [0.3, 0.4) is 0 Å². The van der Waals surface area contributed by atoms with Gasteiger partial charge in [-0.15, -0.1) is 0 Å². The van der Waals surface area contributed by atoms with E-state index in [1.165, 1.54) is 38.8 Å². The molecule has 0 amide bonds. The van der Waals surface area contributed by atoms with Crippen LogP contribution < -0.4 is 5.32 Å². The van der Waals surface area contributed by atoms with Crippen molar-refractivity contribution in [2.24, 2.45) is 5.92 Å². The van der Waals surface area contributed by atoms with E-state index in [9.17, 15) is 0 Å². The molecule has 0 aliphatic carbocycles. The lowest BCUT2D eigenvalue weighted by atomic mass is 9.97. The van der Waals surface area contributed by atoms with Crippen LogP contribution in [0.15, 0.2) is 12.5 Å². The van der Waals surface area contributed by atoms with Gasteiger partial charge in [-0.2, -0.15) is 0 Å². The number of aromatic nitrogens is 2. The molecule has 3 heteroatoms. The highest BCUT2D eigenvalue weighted by atomic mass is 15.0. The van der Waals surface area contributed by atoms with Crippen molar-refractivity contribution in [2.45, 2.75) is 39.2 Å². The summed E-state index contributed by atoms with van der Waals surface area (Å²) >= 11 is 0. The quantitative estimate of drug-likeness (QED) is 0.821. The Morgan fingerprint density at radius 2 is 2.40 bits per heavy atom. The largest absolute Gasteiger partial charge is 0.337 e. The summed E-state index contributed by atoms with van der Waals surface area (Å²) in [5.41, 5.74) is 1.12. The zero-order chi connectivity index (χ0) is 10.5. The molecule has 0 radical (unpaired) electrons. The average molecular weight is 207 g/mol. The Morgan fingerprint density at radius 1 is 1.47 bits per heavy atom. The molecule has 1 aromatic rings. The molecule has 1 aliphatic rings. The summed E-state index contributed by atoms with van der Waals surface area (Å²) in [6, 6.07) is 0. The van der Waals surface area contributed by atoms with Gasteiger partial charge in [-0.1, -0.05) is 0 Å². The minimum atomic E-state index is 0.905. The van der Waals surface area contributed by atoms with Crippen LogP contribution in [0.4, 0.5) is 0 Å². The van der Waals surface area contributed by atoms with E-state index in [-0.39, 0.29) is 0 Å². The number of rotatable bonds is 3. The van der Waals surface area contributed by atoms with Gasteiger partial charge in [0.15, 0.2) is 0 Å². The van der Waals surface area contributed by atoms with Crippen molar-refractivity contribution in [1.82, 2.24) is 14.9 Å². The Labute approximate surface area is 91.9 Å². The average Bonchev–Trinajstić information content (AvgIpc) is 2.52. The summed E-state index contributed by atoms with van der Waals surface area (Å²) in [6.45, 7) is 5.59. The third kappa shape index (κ3) is 3.34. The zero-order valence-corrected chi connectivity index (χ0v) is 9.58. The Balaban J connectivity index is 1.76. The van der Waals surface area contributed by atoms with Gasteiger partial charge < -0.3 is 9.88 Å². The van der Waals surface area contributed by atoms with Crippen LogP contribution in [-0.2, 0) is 6.54 Å². The first kappa shape index (κ1) is 10.7. The number of hydrogen-bond donors (Lipinski definition) is 1. The lowest BCUT2D eigenvalue weighted by Gasteiger charge is -2.13. The van der Waals surface area contributed by atoms with Crippen molar-refractivity contribution in [1.29, 1.82) is 0 Å². The van der Waals surface area contributed by atoms with Crippen LogP contribution in [0.1, 0.15) is 31.4 Å². The van der Waals surface area contributed by atoms with Crippen molar-refractivity contribution >= 4 is 0 Å². The molecule has 2 heterocycles. The van der Waals surface area contributed by atoms with Gasteiger partial charge in [0.05, 0.1) is 12.0 Å². The number of nitrogens with one attached hydrogen (secondary N) is 1. The van der Waals surface area contributed by atoms with Crippen LogP contribution in [-0.4, -0.2) is 22.6 Å². The van der Waals surface area contributed by atoms with Crippen molar-refractivity contribution in [3.05, 3.63) is 18.2 Å². The highest BCUT2D eigenvalue weighted by molar-refractivity contribution is 4.92. The van der Waals surface area contributed by atoms with Crippen molar-refractivity contribution in [2.75, 3.05) is 13.1 Å². The molecule has 0 aromatic carbocycles. The van der Waals surface area contributed by atoms with Crippen molar-refractivity contribution in [3.63, 3.8) is 0 Å². The first-order chi connectivity index (χ1) is 7.34. The van der Waals surface area contributed by atoms with Crippen LogP contribution in [0.5, 0.6) is 0 Å². The molecule has 1 saturated heterocycles. The summed E-state index contributed by atoms with van der Waals surface area (Å²) in [6.07, 6.45) is 9.46.